The van der Waals surface area contributed by atoms with Crippen LogP contribution in [-0.2, 0) is 9.53 Å². The van der Waals surface area contributed by atoms with Gasteiger partial charge in [0.2, 0.25) is 0 Å². The molecule has 0 aromatic heterocycles. The molecule has 0 aliphatic carbocycles. The van der Waals surface area contributed by atoms with Crippen molar-refractivity contribution in [2.24, 2.45) is 5.92 Å². The molecule has 5 nitrogen and oxygen atoms in total. The Hall–Kier alpha value is -2.01. The minimum atomic E-state index is -0.0515. The maximum atomic E-state index is 11.8. The zero-order valence-corrected chi connectivity index (χ0v) is 15.5. The van der Waals surface area contributed by atoms with E-state index < -0.39 is 0 Å². The first-order valence-electron chi connectivity index (χ1n) is 9.00. The molecule has 1 aliphatic rings. The highest BCUT2D eigenvalue weighted by Gasteiger charge is 2.25. The second kappa shape index (κ2) is 10.1. The zero-order valence-electron chi connectivity index (χ0n) is 15.5. The molecule has 2 rings (SSSR count). The molecule has 0 spiro atoms. The molecule has 0 unspecified atom stereocenters. The van der Waals surface area contributed by atoms with Crippen molar-refractivity contribution < 1.29 is 19.0 Å². The maximum Gasteiger partial charge on any atom is 0.309 e. The largest absolute Gasteiger partial charge is 0.493 e. The van der Waals surface area contributed by atoms with E-state index in [0.717, 1.165) is 49.5 Å². The first kappa shape index (κ1) is 19.3. The predicted molar refractivity (Wildman–Crippen MR) is 99.0 cm³/mol. The fourth-order valence-electron chi connectivity index (χ4n) is 3.04. The first-order chi connectivity index (χ1) is 12.2. The number of allylic oxidation sites excluding steroid dienone is 1. The number of rotatable bonds is 8. The molecular weight excluding hydrogens is 318 g/mol. The summed E-state index contributed by atoms with van der Waals surface area (Å²) in [6.45, 7) is 7.56. The number of hydrogen-bond donors (Lipinski definition) is 0. The van der Waals surface area contributed by atoms with Gasteiger partial charge < -0.3 is 14.2 Å². The van der Waals surface area contributed by atoms with E-state index in [2.05, 4.69) is 4.90 Å². The Balaban J connectivity index is 1.77. The van der Waals surface area contributed by atoms with Crippen molar-refractivity contribution in [1.82, 2.24) is 4.90 Å². The monoisotopic (exact) mass is 347 g/mol. The van der Waals surface area contributed by atoms with Gasteiger partial charge >= 0.3 is 5.97 Å². The van der Waals surface area contributed by atoms with Crippen molar-refractivity contribution in [3.8, 4) is 11.5 Å². The van der Waals surface area contributed by atoms with Gasteiger partial charge in [0.1, 0.15) is 6.61 Å². The van der Waals surface area contributed by atoms with Gasteiger partial charge in [0, 0.05) is 6.54 Å². The maximum absolute atomic E-state index is 11.8. The molecule has 1 aromatic rings. The number of ether oxygens (including phenoxy) is 3. The Labute approximate surface area is 150 Å². The molecule has 1 aliphatic heterocycles. The van der Waals surface area contributed by atoms with Gasteiger partial charge in [0.25, 0.3) is 0 Å². The van der Waals surface area contributed by atoms with Crippen molar-refractivity contribution in [3.63, 3.8) is 0 Å². The van der Waals surface area contributed by atoms with Gasteiger partial charge in [-0.25, -0.2) is 0 Å². The number of nitrogens with zero attached hydrogens (tertiary/aromatic N) is 1. The van der Waals surface area contributed by atoms with Crippen LogP contribution >= 0.6 is 0 Å². The molecule has 1 aromatic carbocycles. The molecule has 0 saturated carbocycles. The third-order valence-corrected chi connectivity index (χ3v) is 4.42. The van der Waals surface area contributed by atoms with Gasteiger partial charge in [-0.3, -0.25) is 9.69 Å². The van der Waals surface area contributed by atoms with Crippen LogP contribution < -0.4 is 9.47 Å². The van der Waals surface area contributed by atoms with E-state index >= 15 is 0 Å². The molecule has 0 amide bonds. The van der Waals surface area contributed by atoms with Crippen molar-refractivity contribution >= 4 is 12.0 Å². The molecule has 0 atom stereocenters. The fraction of sp³-hybridized carbons (Fsp3) is 0.550. The van der Waals surface area contributed by atoms with E-state index in [9.17, 15) is 4.79 Å². The number of likely N-dealkylation sites (tertiary alicyclic amines) is 1. The molecule has 0 radical (unpaired) electrons. The summed E-state index contributed by atoms with van der Waals surface area (Å²) >= 11 is 0. The highest BCUT2D eigenvalue weighted by molar-refractivity contribution is 5.72. The summed E-state index contributed by atoms with van der Waals surface area (Å²) in [4.78, 5) is 14.1. The SMILES string of the molecule is CC=Cc1ccc(OCCN2CCC(C(=O)OCC)CC2)c(OC)c1. The van der Waals surface area contributed by atoms with Gasteiger partial charge in [-0.15, -0.1) is 0 Å². The number of carbonyl (C=O) groups is 1. The lowest BCUT2D eigenvalue weighted by Gasteiger charge is -2.30. The van der Waals surface area contributed by atoms with Gasteiger partial charge in [-0.05, 0) is 57.5 Å². The fourth-order valence-corrected chi connectivity index (χ4v) is 3.04. The standard InChI is InChI=1S/C20H29NO4/c1-4-6-16-7-8-18(19(15-16)23-3)25-14-13-21-11-9-17(10-12-21)20(22)24-5-2/h4,6-8,15,17H,5,9-14H2,1-3H3. The summed E-state index contributed by atoms with van der Waals surface area (Å²) in [5, 5.41) is 0. The van der Waals surface area contributed by atoms with E-state index in [1.165, 1.54) is 0 Å². The first-order valence-corrected chi connectivity index (χ1v) is 9.00. The van der Waals surface area contributed by atoms with Crippen LogP contribution in [0.5, 0.6) is 11.5 Å². The highest BCUT2D eigenvalue weighted by Crippen LogP contribution is 2.28. The summed E-state index contributed by atoms with van der Waals surface area (Å²) in [5.74, 6) is 1.51. The van der Waals surface area contributed by atoms with E-state index in [0.29, 0.717) is 13.2 Å². The number of piperidine rings is 1. The van der Waals surface area contributed by atoms with Gasteiger partial charge in [0.15, 0.2) is 11.5 Å². The van der Waals surface area contributed by atoms with Crippen LogP contribution in [0.15, 0.2) is 24.3 Å². The second-order valence-electron chi connectivity index (χ2n) is 6.13. The summed E-state index contributed by atoms with van der Waals surface area (Å²) in [5.41, 5.74) is 1.09. The van der Waals surface area contributed by atoms with E-state index in [1.807, 2.05) is 44.2 Å². The third kappa shape index (κ3) is 5.78. The molecule has 1 saturated heterocycles. The number of benzene rings is 1. The Morgan fingerprint density at radius 1 is 1.28 bits per heavy atom. The minimum absolute atomic E-state index is 0.0515. The molecule has 0 bridgehead atoms. The van der Waals surface area contributed by atoms with Crippen LogP contribution in [0.1, 0.15) is 32.3 Å². The van der Waals surface area contributed by atoms with Crippen molar-refractivity contribution in [2.75, 3.05) is 40.0 Å². The lowest BCUT2D eigenvalue weighted by Crippen LogP contribution is -2.39. The molecule has 5 heteroatoms. The van der Waals surface area contributed by atoms with E-state index in [1.54, 1.807) is 7.11 Å². The molecule has 1 heterocycles. The lowest BCUT2D eigenvalue weighted by molar-refractivity contribution is -0.149. The average Bonchev–Trinajstić information content (AvgIpc) is 2.63. The number of methoxy groups -OCH3 is 1. The van der Waals surface area contributed by atoms with Crippen molar-refractivity contribution in [3.05, 3.63) is 29.8 Å². The van der Waals surface area contributed by atoms with Crippen LogP contribution in [0.25, 0.3) is 6.08 Å². The Kier molecular flexibility index (Phi) is 7.79. The van der Waals surface area contributed by atoms with Crippen LogP contribution in [0.4, 0.5) is 0 Å². The Morgan fingerprint density at radius 3 is 2.68 bits per heavy atom. The van der Waals surface area contributed by atoms with Gasteiger partial charge in [-0.1, -0.05) is 18.2 Å². The Morgan fingerprint density at radius 2 is 2.04 bits per heavy atom. The van der Waals surface area contributed by atoms with E-state index in [-0.39, 0.29) is 11.9 Å². The number of esters is 1. The Bertz CT molecular complexity index is 577. The molecular formula is C20H29NO4. The molecule has 138 valence electrons. The lowest BCUT2D eigenvalue weighted by atomic mass is 9.97. The van der Waals surface area contributed by atoms with Crippen LogP contribution in [0.2, 0.25) is 0 Å². The quantitative estimate of drug-likeness (QED) is 0.675. The molecule has 25 heavy (non-hydrogen) atoms. The number of carbonyl (C=O) groups excluding carboxylic acids is 1. The van der Waals surface area contributed by atoms with Crippen LogP contribution in [0.3, 0.4) is 0 Å². The zero-order chi connectivity index (χ0) is 18.1. The van der Waals surface area contributed by atoms with Crippen LogP contribution in [-0.4, -0.2) is 50.8 Å². The smallest absolute Gasteiger partial charge is 0.309 e. The second-order valence-corrected chi connectivity index (χ2v) is 6.13. The number of hydrogen-bond acceptors (Lipinski definition) is 5. The minimum Gasteiger partial charge on any atom is -0.493 e. The molecule has 1 fully saturated rings. The summed E-state index contributed by atoms with van der Waals surface area (Å²) < 4.78 is 16.4. The summed E-state index contributed by atoms with van der Waals surface area (Å²) in [6.07, 6.45) is 5.75. The van der Waals surface area contributed by atoms with Crippen molar-refractivity contribution in [1.29, 1.82) is 0 Å². The normalized spacial score (nSPS) is 16.1. The van der Waals surface area contributed by atoms with Gasteiger partial charge in [0.05, 0.1) is 19.6 Å². The average molecular weight is 347 g/mol. The highest BCUT2D eigenvalue weighted by atomic mass is 16.5. The summed E-state index contributed by atoms with van der Waals surface area (Å²) in [7, 11) is 1.65. The van der Waals surface area contributed by atoms with Crippen LogP contribution in [0, 0.1) is 5.92 Å². The van der Waals surface area contributed by atoms with Gasteiger partial charge in [-0.2, -0.15) is 0 Å². The van der Waals surface area contributed by atoms with E-state index in [4.69, 9.17) is 14.2 Å². The predicted octanol–water partition coefficient (Wildman–Crippen LogP) is 3.38. The topological polar surface area (TPSA) is 48.0 Å². The van der Waals surface area contributed by atoms with Crippen molar-refractivity contribution in [2.45, 2.75) is 26.7 Å². The molecule has 0 N–H and O–H groups in total. The third-order valence-electron chi connectivity index (χ3n) is 4.42. The summed E-state index contributed by atoms with van der Waals surface area (Å²) in [6, 6.07) is 5.93.